The summed E-state index contributed by atoms with van der Waals surface area (Å²) in [6, 6.07) is 2.48. The van der Waals surface area contributed by atoms with Gasteiger partial charge in [-0.1, -0.05) is 6.07 Å². The van der Waals surface area contributed by atoms with E-state index in [1.54, 1.807) is 13.8 Å². The van der Waals surface area contributed by atoms with E-state index in [0.717, 1.165) is 12.1 Å². The number of halogens is 3. The standard InChI is InChI=1S/C11H13F3N2O2/c1-10(2,15)6-7-3-4-8(11(12,13)14)5-9(7)16(17)18/h3-5H,6,15H2,1-2H3. The number of nitrogens with two attached hydrogens (primary N) is 1. The van der Waals surface area contributed by atoms with E-state index < -0.39 is 27.9 Å². The quantitative estimate of drug-likeness (QED) is 0.672. The largest absolute Gasteiger partial charge is 0.416 e. The van der Waals surface area contributed by atoms with E-state index >= 15 is 0 Å². The first-order chi connectivity index (χ1) is 8.00. The van der Waals surface area contributed by atoms with E-state index in [9.17, 15) is 23.3 Å². The third-order valence-corrected chi connectivity index (χ3v) is 2.26. The van der Waals surface area contributed by atoms with Crippen LogP contribution in [0.5, 0.6) is 0 Å². The first-order valence-corrected chi connectivity index (χ1v) is 5.14. The zero-order valence-corrected chi connectivity index (χ0v) is 9.91. The Morgan fingerprint density at radius 1 is 1.33 bits per heavy atom. The maximum Gasteiger partial charge on any atom is 0.416 e. The highest BCUT2D eigenvalue weighted by molar-refractivity contribution is 5.45. The van der Waals surface area contributed by atoms with Crippen molar-refractivity contribution in [2.45, 2.75) is 32.0 Å². The van der Waals surface area contributed by atoms with Gasteiger partial charge in [-0.3, -0.25) is 10.1 Å². The van der Waals surface area contributed by atoms with Crippen molar-refractivity contribution in [3.8, 4) is 0 Å². The lowest BCUT2D eigenvalue weighted by Gasteiger charge is -2.18. The van der Waals surface area contributed by atoms with E-state index in [-0.39, 0.29) is 12.0 Å². The number of rotatable bonds is 3. The van der Waals surface area contributed by atoms with Crippen molar-refractivity contribution in [2.75, 3.05) is 0 Å². The summed E-state index contributed by atoms with van der Waals surface area (Å²) in [6.07, 6.45) is -4.47. The molecule has 0 aliphatic rings. The molecule has 1 rings (SSSR count). The van der Waals surface area contributed by atoms with E-state index in [4.69, 9.17) is 5.73 Å². The number of benzene rings is 1. The van der Waals surface area contributed by atoms with Crippen molar-refractivity contribution in [3.05, 3.63) is 39.4 Å². The minimum atomic E-state index is -4.60. The average Bonchev–Trinajstić information content (AvgIpc) is 2.13. The first kappa shape index (κ1) is 14.4. The summed E-state index contributed by atoms with van der Waals surface area (Å²) in [5.41, 5.74) is 3.59. The molecule has 0 radical (unpaired) electrons. The van der Waals surface area contributed by atoms with Crippen LogP contribution in [0.15, 0.2) is 18.2 Å². The SMILES string of the molecule is CC(C)(N)Cc1ccc(C(F)(F)F)cc1[N+](=O)[O-]. The molecule has 18 heavy (non-hydrogen) atoms. The molecule has 2 N–H and O–H groups in total. The summed E-state index contributed by atoms with van der Waals surface area (Å²) in [5, 5.41) is 10.8. The molecular weight excluding hydrogens is 249 g/mol. The normalized spacial score (nSPS) is 12.6. The number of hydrogen-bond acceptors (Lipinski definition) is 3. The van der Waals surface area contributed by atoms with Gasteiger partial charge in [0, 0.05) is 17.2 Å². The van der Waals surface area contributed by atoms with Gasteiger partial charge in [0.25, 0.3) is 5.69 Å². The molecule has 0 unspecified atom stereocenters. The van der Waals surface area contributed by atoms with Crippen molar-refractivity contribution >= 4 is 5.69 Å². The topological polar surface area (TPSA) is 69.2 Å². The van der Waals surface area contributed by atoms with Crippen LogP contribution >= 0.6 is 0 Å². The summed E-state index contributed by atoms with van der Waals surface area (Å²) in [5.74, 6) is 0. The summed E-state index contributed by atoms with van der Waals surface area (Å²) in [6.45, 7) is 3.29. The van der Waals surface area contributed by atoms with Gasteiger partial charge in [-0.2, -0.15) is 13.2 Å². The molecule has 0 spiro atoms. The Bertz CT molecular complexity index is 464. The second kappa shape index (κ2) is 4.56. The van der Waals surface area contributed by atoms with Gasteiger partial charge < -0.3 is 5.73 Å². The zero-order chi connectivity index (χ0) is 14.1. The van der Waals surface area contributed by atoms with Crippen molar-refractivity contribution in [3.63, 3.8) is 0 Å². The van der Waals surface area contributed by atoms with Crippen LogP contribution in [0.25, 0.3) is 0 Å². The summed E-state index contributed by atoms with van der Waals surface area (Å²) in [4.78, 5) is 9.96. The Hall–Kier alpha value is -1.63. The summed E-state index contributed by atoms with van der Waals surface area (Å²) < 4.78 is 37.4. The molecule has 0 aliphatic carbocycles. The Balaban J connectivity index is 3.26. The molecule has 0 aromatic heterocycles. The average molecular weight is 262 g/mol. The van der Waals surface area contributed by atoms with Gasteiger partial charge in [-0.25, -0.2) is 0 Å². The van der Waals surface area contributed by atoms with Crippen LogP contribution in [0.2, 0.25) is 0 Å². The maximum absolute atomic E-state index is 12.5. The van der Waals surface area contributed by atoms with E-state index in [1.807, 2.05) is 0 Å². The minimum Gasteiger partial charge on any atom is -0.325 e. The molecule has 100 valence electrons. The monoisotopic (exact) mass is 262 g/mol. The Labute approximate surface area is 102 Å². The molecule has 0 amide bonds. The number of nitro benzene ring substituents is 1. The highest BCUT2D eigenvalue weighted by Gasteiger charge is 2.33. The predicted octanol–water partition coefficient (Wildman–Crippen LogP) is 2.89. The molecule has 0 saturated carbocycles. The van der Waals surface area contributed by atoms with Crippen molar-refractivity contribution < 1.29 is 18.1 Å². The van der Waals surface area contributed by atoms with Crippen LogP contribution < -0.4 is 5.73 Å². The summed E-state index contributed by atoms with van der Waals surface area (Å²) >= 11 is 0. The molecule has 0 bridgehead atoms. The lowest BCUT2D eigenvalue weighted by molar-refractivity contribution is -0.385. The molecule has 1 aromatic carbocycles. The number of hydrogen-bond donors (Lipinski definition) is 1. The molecular formula is C11H13F3N2O2. The van der Waals surface area contributed by atoms with Gasteiger partial charge in [-0.15, -0.1) is 0 Å². The molecule has 0 atom stereocenters. The van der Waals surface area contributed by atoms with Gasteiger partial charge in [0.05, 0.1) is 10.5 Å². The van der Waals surface area contributed by atoms with Crippen LogP contribution in [-0.2, 0) is 12.6 Å². The van der Waals surface area contributed by atoms with E-state index in [0.29, 0.717) is 6.07 Å². The van der Waals surface area contributed by atoms with E-state index in [2.05, 4.69) is 0 Å². The van der Waals surface area contributed by atoms with Crippen LogP contribution in [0, 0.1) is 10.1 Å². The third-order valence-electron chi connectivity index (χ3n) is 2.26. The highest BCUT2D eigenvalue weighted by Crippen LogP contribution is 2.33. The van der Waals surface area contributed by atoms with Crippen LogP contribution in [-0.4, -0.2) is 10.5 Å². The number of nitrogens with zero attached hydrogens (tertiary/aromatic N) is 1. The molecule has 0 fully saturated rings. The van der Waals surface area contributed by atoms with Gasteiger partial charge in [-0.05, 0) is 26.3 Å². The number of alkyl halides is 3. The minimum absolute atomic E-state index is 0.126. The molecule has 1 aromatic rings. The smallest absolute Gasteiger partial charge is 0.325 e. The van der Waals surface area contributed by atoms with Crippen LogP contribution in [0.1, 0.15) is 25.0 Å². The fraction of sp³-hybridized carbons (Fsp3) is 0.455. The van der Waals surface area contributed by atoms with E-state index in [1.165, 1.54) is 0 Å². The fourth-order valence-corrected chi connectivity index (χ4v) is 1.55. The number of nitro groups is 1. The van der Waals surface area contributed by atoms with Crippen LogP contribution in [0.4, 0.5) is 18.9 Å². The lowest BCUT2D eigenvalue weighted by atomic mass is 9.94. The van der Waals surface area contributed by atoms with Gasteiger partial charge >= 0.3 is 6.18 Å². The Morgan fingerprint density at radius 3 is 2.28 bits per heavy atom. The van der Waals surface area contributed by atoms with Gasteiger partial charge in [0.2, 0.25) is 0 Å². The molecule has 0 aliphatic heterocycles. The Kier molecular flexibility index (Phi) is 3.66. The molecule has 0 saturated heterocycles. The maximum atomic E-state index is 12.5. The molecule has 0 heterocycles. The highest BCUT2D eigenvalue weighted by atomic mass is 19.4. The molecule has 4 nitrogen and oxygen atoms in total. The predicted molar refractivity (Wildman–Crippen MR) is 60.1 cm³/mol. The fourth-order valence-electron chi connectivity index (χ4n) is 1.55. The second-order valence-corrected chi connectivity index (χ2v) is 4.76. The summed E-state index contributed by atoms with van der Waals surface area (Å²) in [7, 11) is 0. The van der Waals surface area contributed by atoms with Crippen molar-refractivity contribution in [1.82, 2.24) is 0 Å². The second-order valence-electron chi connectivity index (χ2n) is 4.76. The lowest BCUT2D eigenvalue weighted by Crippen LogP contribution is -2.34. The van der Waals surface area contributed by atoms with Crippen molar-refractivity contribution in [1.29, 1.82) is 0 Å². The van der Waals surface area contributed by atoms with Gasteiger partial charge in [0.15, 0.2) is 0 Å². The van der Waals surface area contributed by atoms with Gasteiger partial charge in [0.1, 0.15) is 0 Å². The zero-order valence-electron chi connectivity index (χ0n) is 9.91. The first-order valence-electron chi connectivity index (χ1n) is 5.14. The van der Waals surface area contributed by atoms with Crippen LogP contribution in [0.3, 0.4) is 0 Å². The molecule has 7 heteroatoms. The van der Waals surface area contributed by atoms with Crippen molar-refractivity contribution in [2.24, 2.45) is 5.73 Å². The Morgan fingerprint density at radius 2 is 1.89 bits per heavy atom. The third kappa shape index (κ3) is 3.69.